The highest BCUT2D eigenvalue weighted by Gasteiger charge is 2.13. The Hall–Kier alpha value is -1.62. The van der Waals surface area contributed by atoms with Gasteiger partial charge in [0.15, 0.2) is 11.3 Å². The minimum Gasteiger partial charge on any atom is -0.464 e. The van der Waals surface area contributed by atoms with Gasteiger partial charge < -0.3 is 4.74 Å². The lowest BCUT2D eigenvalue weighted by atomic mass is 10.4. The molecule has 0 aliphatic carbocycles. The SMILES string of the molecule is COC(=O)c1cc2nc(C)cc(Cl)n2n1. The molecule has 0 aromatic carbocycles. The monoisotopic (exact) mass is 225 g/mol. The molecule has 0 aliphatic heterocycles. The van der Waals surface area contributed by atoms with Crippen LogP contribution in [0.4, 0.5) is 0 Å². The van der Waals surface area contributed by atoms with E-state index in [2.05, 4.69) is 14.8 Å². The van der Waals surface area contributed by atoms with Gasteiger partial charge in [-0.25, -0.2) is 14.3 Å². The molecule has 15 heavy (non-hydrogen) atoms. The molecule has 0 N–H and O–H groups in total. The summed E-state index contributed by atoms with van der Waals surface area (Å²) < 4.78 is 5.94. The summed E-state index contributed by atoms with van der Waals surface area (Å²) in [7, 11) is 1.30. The van der Waals surface area contributed by atoms with E-state index in [1.54, 1.807) is 6.07 Å². The third kappa shape index (κ3) is 1.66. The molecule has 2 heterocycles. The number of aromatic nitrogens is 3. The van der Waals surface area contributed by atoms with Gasteiger partial charge in [-0.1, -0.05) is 11.6 Å². The van der Waals surface area contributed by atoms with Crippen LogP contribution in [0.2, 0.25) is 5.15 Å². The molecular weight excluding hydrogens is 218 g/mol. The van der Waals surface area contributed by atoms with Crippen molar-refractivity contribution in [2.45, 2.75) is 6.92 Å². The van der Waals surface area contributed by atoms with Crippen LogP contribution >= 0.6 is 11.6 Å². The van der Waals surface area contributed by atoms with Crippen LogP contribution in [0.5, 0.6) is 0 Å². The summed E-state index contributed by atoms with van der Waals surface area (Å²) in [6.07, 6.45) is 0. The molecule has 0 saturated carbocycles. The number of nitrogens with zero attached hydrogens (tertiary/aromatic N) is 3. The third-order valence-electron chi connectivity index (χ3n) is 1.91. The van der Waals surface area contributed by atoms with Gasteiger partial charge >= 0.3 is 5.97 Å². The molecule has 0 saturated heterocycles. The zero-order valence-corrected chi connectivity index (χ0v) is 8.95. The van der Waals surface area contributed by atoms with Crippen molar-refractivity contribution in [2.24, 2.45) is 0 Å². The molecule has 78 valence electrons. The molecule has 0 spiro atoms. The average molecular weight is 226 g/mol. The van der Waals surface area contributed by atoms with E-state index in [9.17, 15) is 4.79 Å². The number of halogens is 1. The predicted molar refractivity (Wildman–Crippen MR) is 54.1 cm³/mol. The predicted octanol–water partition coefficient (Wildman–Crippen LogP) is 1.48. The van der Waals surface area contributed by atoms with Crippen LogP contribution in [0, 0.1) is 6.92 Å². The van der Waals surface area contributed by atoms with Crippen LogP contribution in [-0.2, 0) is 4.74 Å². The van der Waals surface area contributed by atoms with Crippen molar-refractivity contribution in [3.8, 4) is 0 Å². The number of hydrogen-bond donors (Lipinski definition) is 0. The van der Waals surface area contributed by atoms with Gasteiger partial charge in [0.05, 0.1) is 7.11 Å². The molecule has 0 unspecified atom stereocenters. The second-order valence-electron chi connectivity index (χ2n) is 3.01. The normalized spacial score (nSPS) is 10.6. The zero-order valence-electron chi connectivity index (χ0n) is 8.19. The van der Waals surface area contributed by atoms with E-state index >= 15 is 0 Å². The summed E-state index contributed by atoms with van der Waals surface area (Å²) in [4.78, 5) is 15.4. The summed E-state index contributed by atoms with van der Waals surface area (Å²) >= 11 is 5.93. The Morgan fingerprint density at radius 2 is 2.27 bits per heavy atom. The van der Waals surface area contributed by atoms with Gasteiger partial charge in [-0.15, -0.1) is 0 Å². The third-order valence-corrected chi connectivity index (χ3v) is 2.18. The summed E-state index contributed by atoms with van der Waals surface area (Å²) in [5.74, 6) is -0.505. The average Bonchev–Trinajstić information content (AvgIpc) is 2.60. The minimum atomic E-state index is -0.505. The molecule has 2 aromatic heterocycles. The number of carbonyl (C=O) groups excluding carboxylic acids is 1. The van der Waals surface area contributed by atoms with Crippen molar-refractivity contribution in [1.82, 2.24) is 14.6 Å². The Kier molecular flexibility index (Phi) is 2.32. The Labute approximate surface area is 90.6 Å². The van der Waals surface area contributed by atoms with E-state index in [1.807, 2.05) is 6.92 Å². The largest absolute Gasteiger partial charge is 0.464 e. The molecule has 0 fully saturated rings. The number of methoxy groups -OCH3 is 1. The van der Waals surface area contributed by atoms with E-state index < -0.39 is 5.97 Å². The number of carbonyl (C=O) groups is 1. The van der Waals surface area contributed by atoms with Crippen molar-refractivity contribution in [3.63, 3.8) is 0 Å². The zero-order chi connectivity index (χ0) is 11.0. The van der Waals surface area contributed by atoms with Crippen LogP contribution in [-0.4, -0.2) is 27.7 Å². The lowest BCUT2D eigenvalue weighted by molar-refractivity contribution is 0.0593. The topological polar surface area (TPSA) is 56.5 Å². The first-order chi connectivity index (χ1) is 7.11. The molecule has 0 amide bonds. The maximum absolute atomic E-state index is 11.2. The van der Waals surface area contributed by atoms with E-state index in [1.165, 1.54) is 17.7 Å². The van der Waals surface area contributed by atoms with Crippen molar-refractivity contribution in [1.29, 1.82) is 0 Å². The standard InChI is InChI=1S/C9H8ClN3O2/c1-5-3-7(10)13-8(11-5)4-6(12-13)9(14)15-2/h3-4H,1-2H3. The second kappa shape index (κ2) is 3.51. The van der Waals surface area contributed by atoms with E-state index in [4.69, 9.17) is 11.6 Å². The van der Waals surface area contributed by atoms with Crippen LogP contribution < -0.4 is 0 Å². The van der Waals surface area contributed by atoms with Crippen molar-refractivity contribution < 1.29 is 9.53 Å². The number of esters is 1. The molecule has 0 atom stereocenters. The van der Waals surface area contributed by atoms with Crippen molar-refractivity contribution in [3.05, 3.63) is 28.7 Å². The van der Waals surface area contributed by atoms with Gasteiger partial charge in [-0.3, -0.25) is 0 Å². The first kappa shape index (κ1) is 9.92. The van der Waals surface area contributed by atoms with Gasteiger partial charge in [0, 0.05) is 11.8 Å². The fraction of sp³-hybridized carbons (Fsp3) is 0.222. The van der Waals surface area contributed by atoms with Gasteiger partial charge in [0.25, 0.3) is 0 Å². The van der Waals surface area contributed by atoms with Crippen LogP contribution in [0.3, 0.4) is 0 Å². The number of aryl methyl sites for hydroxylation is 1. The van der Waals surface area contributed by atoms with Crippen molar-refractivity contribution >= 4 is 23.2 Å². The first-order valence-corrected chi connectivity index (χ1v) is 4.61. The molecule has 6 heteroatoms. The smallest absolute Gasteiger partial charge is 0.358 e. The van der Waals surface area contributed by atoms with Gasteiger partial charge in [-0.2, -0.15) is 5.10 Å². The van der Waals surface area contributed by atoms with Crippen LogP contribution in [0.15, 0.2) is 12.1 Å². The summed E-state index contributed by atoms with van der Waals surface area (Å²) in [6, 6.07) is 3.20. The summed E-state index contributed by atoms with van der Waals surface area (Å²) in [5, 5.41) is 4.38. The number of fused-ring (bicyclic) bond motifs is 1. The quantitative estimate of drug-likeness (QED) is 0.545. The first-order valence-electron chi connectivity index (χ1n) is 4.23. The number of rotatable bonds is 1. The molecule has 0 bridgehead atoms. The maximum Gasteiger partial charge on any atom is 0.358 e. The fourth-order valence-corrected chi connectivity index (χ4v) is 1.54. The van der Waals surface area contributed by atoms with E-state index in [-0.39, 0.29) is 5.69 Å². The van der Waals surface area contributed by atoms with E-state index in [0.29, 0.717) is 10.8 Å². The van der Waals surface area contributed by atoms with Gasteiger partial charge in [0.2, 0.25) is 0 Å². The molecule has 0 aliphatic rings. The van der Waals surface area contributed by atoms with Crippen molar-refractivity contribution in [2.75, 3.05) is 7.11 Å². The van der Waals surface area contributed by atoms with Crippen LogP contribution in [0.1, 0.15) is 16.2 Å². The van der Waals surface area contributed by atoms with E-state index in [0.717, 1.165) is 5.69 Å². The van der Waals surface area contributed by atoms with Gasteiger partial charge in [-0.05, 0) is 13.0 Å². The summed E-state index contributed by atoms with van der Waals surface area (Å²) in [5.41, 5.74) is 1.49. The highest BCUT2D eigenvalue weighted by atomic mass is 35.5. The Morgan fingerprint density at radius 1 is 1.53 bits per heavy atom. The highest BCUT2D eigenvalue weighted by Crippen LogP contribution is 2.14. The molecule has 5 nitrogen and oxygen atoms in total. The molecule has 2 aromatic rings. The molecule has 0 radical (unpaired) electrons. The summed E-state index contributed by atoms with van der Waals surface area (Å²) in [6.45, 7) is 1.82. The Bertz CT molecular complexity index is 535. The Morgan fingerprint density at radius 3 is 2.93 bits per heavy atom. The van der Waals surface area contributed by atoms with Crippen LogP contribution in [0.25, 0.3) is 5.65 Å². The molecular formula is C9H8ClN3O2. The minimum absolute atomic E-state index is 0.192. The molecule has 2 rings (SSSR count). The van der Waals surface area contributed by atoms with Gasteiger partial charge in [0.1, 0.15) is 5.15 Å². The lowest BCUT2D eigenvalue weighted by Crippen LogP contribution is -2.02. The second-order valence-corrected chi connectivity index (χ2v) is 3.40. The fourth-order valence-electron chi connectivity index (χ4n) is 1.26. The maximum atomic E-state index is 11.2. The Balaban J connectivity index is 2.65. The highest BCUT2D eigenvalue weighted by molar-refractivity contribution is 6.29. The lowest BCUT2D eigenvalue weighted by Gasteiger charge is -1.96. The number of hydrogen-bond acceptors (Lipinski definition) is 4. The number of ether oxygens (including phenoxy) is 1.